The van der Waals surface area contributed by atoms with Crippen molar-refractivity contribution in [3.63, 3.8) is 0 Å². The first kappa shape index (κ1) is 25.5. The van der Waals surface area contributed by atoms with E-state index in [-0.39, 0.29) is 18.4 Å². The van der Waals surface area contributed by atoms with Crippen LogP contribution < -0.4 is 10.1 Å². The molecule has 1 atom stereocenters. The molecular formula is C28H31BrN2O3. The van der Waals surface area contributed by atoms with Crippen LogP contribution in [0.4, 0.5) is 0 Å². The topological polar surface area (TPSA) is 58.6 Å². The maximum absolute atomic E-state index is 13.5. The summed E-state index contributed by atoms with van der Waals surface area (Å²) in [5.41, 5.74) is 3.05. The monoisotopic (exact) mass is 522 g/mol. The van der Waals surface area contributed by atoms with E-state index in [0.717, 1.165) is 27.6 Å². The van der Waals surface area contributed by atoms with Gasteiger partial charge in [0.2, 0.25) is 5.91 Å². The highest BCUT2D eigenvalue weighted by Gasteiger charge is 2.30. The normalized spacial score (nSPS) is 11.5. The van der Waals surface area contributed by atoms with Crippen molar-refractivity contribution in [1.29, 1.82) is 0 Å². The van der Waals surface area contributed by atoms with Gasteiger partial charge >= 0.3 is 0 Å². The van der Waals surface area contributed by atoms with Gasteiger partial charge in [-0.2, -0.15) is 0 Å². The SMILES string of the molecule is CCCNC(=O)[C@H](Cc1ccccc1)N(Cc1ccc(Br)cc1)C(=O)COc1ccc(C)cc1. The summed E-state index contributed by atoms with van der Waals surface area (Å²) in [6, 6.07) is 24.5. The molecule has 0 aromatic heterocycles. The smallest absolute Gasteiger partial charge is 0.261 e. The highest BCUT2D eigenvalue weighted by molar-refractivity contribution is 9.10. The average Bonchev–Trinajstić information content (AvgIpc) is 2.86. The van der Waals surface area contributed by atoms with Gasteiger partial charge in [0.1, 0.15) is 11.8 Å². The maximum atomic E-state index is 13.5. The standard InChI is InChI=1S/C28H31BrN2O3/c1-3-17-30-28(33)26(18-22-7-5-4-6-8-22)31(19-23-11-13-24(29)14-12-23)27(32)20-34-25-15-9-21(2)10-16-25/h4-16,26H,3,17-20H2,1-2H3,(H,30,33)/t26-/m0/s1. The molecular weight excluding hydrogens is 492 g/mol. The fourth-order valence-corrected chi connectivity index (χ4v) is 3.83. The van der Waals surface area contributed by atoms with E-state index >= 15 is 0 Å². The fourth-order valence-electron chi connectivity index (χ4n) is 3.57. The molecule has 6 heteroatoms. The third-order valence-corrected chi connectivity index (χ3v) is 6.00. The van der Waals surface area contributed by atoms with Crippen LogP contribution in [0.3, 0.4) is 0 Å². The lowest BCUT2D eigenvalue weighted by molar-refractivity contribution is -0.142. The quantitative estimate of drug-likeness (QED) is 0.371. The Morgan fingerprint density at radius 3 is 2.26 bits per heavy atom. The molecule has 0 radical (unpaired) electrons. The third-order valence-electron chi connectivity index (χ3n) is 5.47. The summed E-state index contributed by atoms with van der Waals surface area (Å²) < 4.78 is 6.75. The Morgan fingerprint density at radius 2 is 1.62 bits per heavy atom. The zero-order chi connectivity index (χ0) is 24.3. The molecule has 2 amide bonds. The highest BCUT2D eigenvalue weighted by Crippen LogP contribution is 2.18. The minimum absolute atomic E-state index is 0.147. The summed E-state index contributed by atoms with van der Waals surface area (Å²) in [7, 11) is 0. The van der Waals surface area contributed by atoms with E-state index in [1.165, 1.54) is 0 Å². The lowest BCUT2D eigenvalue weighted by Crippen LogP contribution is -2.51. The number of carbonyl (C=O) groups is 2. The van der Waals surface area contributed by atoms with Crippen molar-refractivity contribution in [2.75, 3.05) is 13.2 Å². The van der Waals surface area contributed by atoms with Crippen molar-refractivity contribution < 1.29 is 14.3 Å². The van der Waals surface area contributed by atoms with Crippen molar-refractivity contribution in [1.82, 2.24) is 10.2 Å². The first-order valence-corrected chi connectivity index (χ1v) is 12.3. The molecule has 5 nitrogen and oxygen atoms in total. The lowest BCUT2D eigenvalue weighted by atomic mass is 10.0. The van der Waals surface area contributed by atoms with Gasteiger partial charge in [0.05, 0.1) is 0 Å². The Balaban J connectivity index is 1.87. The lowest BCUT2D eigenvalue weighted by Gasteiger charge is -2.31. The predicted octanol–water partition coefficient (Wildman–Crippen LogP) is 5.30. The molecule has 0 bridgehead atoms. The Hall–Kier alpha value is -3.12. The van der Waals surface area contributed by atoms with E-state index in [4.69, 9.17) is 4.74 Å². The number of hydrogen-bond acceptors (Lipinski definition) is 3. The molecule has 1 N–H and O–H groups in total. The van der Waals surface area contributed by atoms with Crippen LogP contribution >= 0.6 is 15.9 Å². The first-order valence-electron chi connectivity index (χ1n) is 11.5. The Labute approximate surface area is 210 Å². The van der Waals surface area contributed by atoms with Gasteiger partial charge in [-0.1, -0.05) is 83.0 Å². The molecule has 0 fully saturated rings. The van der Waals surface area contributed by atoms with Gasteiger partial charge in [0, 0.05) is 24.0 Å². The van der Waals surface area contributed by atoms with Gasteiger partial charge in [0.25, 0.3) is 5.91 Å². The number of nitrogens with zero attached hydrogens (tertiary/aromatic N) is 1. The van der Waals surface area contributed by atoms with E-state index < -0.39 is 6.04 Å². The van der Waals surface area contributed by atoms with Crippen molar-refractivity contribution in [3.8, 4) is 5.75 Å². The molecule has 34 heavy (non-hydrogen) atoms. The minimum atomic E-state index is -0.660. The van der Waals surface area contributed by atoms with Gasteiger partial charge in [0.15, 0.2) is 6.61 Å². The van der Waals surface area contributed by atoms with Gasteiger partial charge in [-0.05, 0) is 48.7 Å². The van der Waals surface area contributed by atoms with Crippen LogP contribution in [-0.2, 0) is 22.6 Å². The molecule has 0 saturated heterocycles. The number of rotatable bonds is 11. The Morgan fingerprint density at radius 1 is 0.941 bits per heavy atom. The number of benzene rings is 3. The van der Waals surface area contributed by atoms with Crippen LogP contribution in [0.2, 0.25) is 0 Å². The van der Waals surface area contributed by atoms with E-state index in [1.807, 2.05) is 92.7 Å². The summed E-state index contributed by atoms with van der Waals surface area (Å²) in [5, 5.41) is 2.98. The molecule has 0 aliphatic carbocycles. The Bertz CT molecular complexity index is 1050. The molecule has 0 spiro atoms. The molecule has 0 saturated carbocycles. The minimum Gasteiger partial charge on any atom is -0.484 e. The number of aryl methyl sites for hydroxylation is 1. The van der Waals surface area contributed by atoms with Crippen LogP contribution in [0.25, 0.3) is 0 Å². The number of amides is 2. The van der Waals surface area contributed by atoms with E-state index in [1.54, 1.807) is 4.90 Å². The second kappa shape index (κ2) is 12.9. The van der Waals surface area contributed by atoms with Gasteiger partial charge in [-0.25, -0.2) is 0 Å². The fraction of sp³-hybridized carbons (Fsp3) is 0.286. The summed E-state index contributed by atoms with van der Waals surface area (Å²) >= 11 is 3.46. The van der Waals surface area contributed by atoms with Crippen LogP contribution in [-0.4, -0.2) is 35.9 Å². The first-order chi connectivity index (χ1) is 16.5. The molecule has 0 aliphatic rings. The Kier molecular flexibility index (Phi) is 9.71. The number of carbonyl (C=O) groups excluding carboxylic acids is 2. The van der Waals surface area contributed by atoms with Crippen LogP contribution in [0.15, 0.2) is 83.3 Å². The molecule has 0 unspecified atom stereocenters. The molecule has 178 valence electrons. The summed E-state index contributed by atoms with van der Waals surface area (Å²) in [6.07, 6.45) is 1.24. The van der Waals surface area contributed by atoms with E-state index in [0.29, 0.717) is 25.3 Å². The van der Waals surface area contributed by atoms with Gasteiger partial charge in [-0.15, -0.1) is 0 Å². The number of halogens is 1. The summed E-state index contributed by atoms with van der Waals surface area (Å²) in [4.78, 5) is 28.4. The zero-order valence-corrected chi connectivity index (χ0v) is 21.3. The van der Waals surface area contributed by atoms with Gasteiger partial charge in [-0.3, -0.25) is 9.59 Å². The molecule has 3 rings (SSSR count). The van der Waals surface area contributed by atoms with Crippen LogP contribution in [0.5, 0.6) is 5.75 Å². The number of ether oxygens (including phenoxy) is 1. The molecule has 3 aromatic carbocycles. The average molecular weight is 523 g/mol. The van der Waals surface area contributed by atoms with E-state index in [9.17, 15) is 9.59 Å². The second-order valence-corrected chi connectivity index (χ2v) is 9.16. The van der Waals surface area contributed by atoms with Crippen molar-refractivity contribution in [3.05, 3.63) is 100 Å². The number of hydrogen-bond donors (Lipinski definition) is 1. The predicted molar refractivity (Wildman–Crippen MR) is 139 cm³/mol. The van der Waals surface area contributed by atoms with Gasteiger partial charge < -0.3 is 15.0 Å². The van der Waals surface area contributed by atoms with E-state index in [2.05, 4.69) is 21.2 Å². The van der Waals surface area contributed by atoms with Crippen LogP contribution in [0, 0.1) is 6.92 Å². The van der Waals surface area contributed by atoms with Crippen molar-refractivity contribution >= 4 is 27.7 Å². The summed E-state index contributed by atoms with van der Waals surface area (Å²) in [6.45, 7) is 4.72. The molecule has 0 aliphatic heterocycles. The maximum Gasteiger partial charge on any atom is 0.261 e. The molecule has 3 aromatic rings. The second-order valence-electron chi connectivity index (χ2n) is 8.25. The third kappa shape index (κ3) is 7.73. The highest BCUT2D eigenvalue weighted by atomic mass is 79.9. The van der Waals surface area contributed by atoms with Crippen molar-refractivity contribution in [2.45, 2.75) is 39.3 Å². The number of nitrogens with one attached hydrogen (secondary N) is 1. The van der Waals surface area contributed by atoms with Crippen LogP contribution in [0.1, 0.15) is 30.0 Å². The largest absolute Gasteiger partial charge is 0.484 e. The summed E-state index contributed by atoms with van der Waals surface area (Å²) in [5.74, 6) is 0.222. The zero-order valence-electron chi connectivity index (χ0n) is 19.7. The molecule has 0 heterocycles. The van der Waals surface area contributed by atoms with Crippen molar-refractivity contribution in [2.24, 2.45) is 0 Å².